The van der Waals surface area contributed by atoms with Gasteiger partial charge >= 0.3 is 0 Å². The van der Waals surface area contributed by atoms with Gasteiger partial charge in [0.05, 0.1) is 0 Å². The van der Waals surface area contributed by atoms with Gasteiger partial charge in [0.25, 0.3) is 0 Å². The third-order valence-electron chi connectivity index (χ3n) is 3.20. The molecular weight excluding hydrogens is 224 g/mol. The molecule has 3 nitrogen and oxygen atoms in total. The molecule has 0 spiro atoms. The molecule has 0 radical (unpaired) electrons. The van der Waals surface area contributed by atoms with Crippen LogP contribution in [0.15, 0.2) is 24.3 Å². The first kappa shape index (κ1) is 14.6. The largest absolute Gasteiger partial charge is 0.378 e. The van der Waals surface area contributed by atoms with Crippen LogP contribution in [0.5, 0.6) is 0 Å². The Labute approximate surface area is 110 Å². The summed E-state index contributed by atoms with van der Waals surface area (Å²) in [6.07, 6.45) is 1.42. The summed E-state index contributed by atoms with van der Waals surface area (Å²) in [5, 5.41) is 0. The summed E-state index contributed by atoms with van der Waals surface area (Å²) in [6.45, 7) is 5.64. The summed E-state index contributed by atoms with van der Waals surface area (Å²) in [5.74, 6) is 0.247. The van der Waals surface area contributed by atoms with Crippen LogP contribution in [0, 0.1) is 0 Å². The Morgan fingerprint density at radius 1 is 1.06 bits per heavy atom. The number of carbonyl (C=O) groups is 1. The van der Waals surface area contributed by atoms with E-state index in [1.807, 2.05) is 32.8 Å². The van der Waals surface area contributed by atoms with E-state index in [4.69, 9.17) is 0 Å². The third-order valence-corrected chi connectivity index (χ3v) is 3.20. The fourth-order valence-electron chi connectivity index (χ4n) is 1.95. The fourth-order valence-corrected chi connectivity index (χ4v) is 1.95. The van der Waals surface area contributed by atoms with Gasteiger partial charge in [-0.3, -0.25) is 4.79 Å². The van der Waals surface area contributed by atoms with Gasteiger partial charge in [0.2, 0.25) is 5.91 Å². The van der Waals surface area contributed by atoms with Crippen molar-refractivity contribution in [1.29, 1.82) is 0 Å². The van der Waals surface area contributed by atoms with Gasteiger partial charge < -0.3 is 9.80 Å². The Morgan fingerprint density at radius 2 is 1.61 bits per heavy atom. The smallest absolute Gasteiger partial charge is 0.222 e. The molecule has 0 N–H and O–H groups in total. The second kappa shape index (κ2) is 7.04. The minimum absolute atomic E-state index is 0.247. The maximum absolute atomic E-state index is 11.9. The molecule has 3 heteroatoms. The van der Waals surface area contributed by atoms with Crippen LogP contribution in [0.3, 0.4) is 0 Å². The van der Waals surface area contributed by atoms with E-state index in [-0.39, 0.29) is 5.91 Å². The van der Waals surface area contributed by atoms with Crippen molar-refractivity contribution < 1.29 is 4.79 Å². The maximum Gasteiger partial charge on any atom is 0.222 e. The van der Waals surface area contributed by atoms with E-state index in [0.717, 1.165) is 19.5 Å². The number of nitrogens with zero attached hydrogens (tertiary/aromatic N) is 2. The van der Waals surface area contributed by atoms with Crippen molar-refractivity contribution in [1.82, 2.24) is 4.90 Å². The second-order valence-corrected chi connectivity index (χ2v) is 4.63. The molecule has 1 amide bonds. The fraction of sp³-hybridized carbons (Fsp3) is 0.533. The molecule has 0 aromatic heterocycles. The highest BCUT2D eigenvalue weighted by molar-refractivity contribution is 5.76. The van der Waals surface area contributed by atoms with E-state index >= 15 is 0 Å². The number of aryl methyl sites for hydroxylation is 1. The number of rotatable bonds is 6. The molecule has 1 rings (SSSR count). The van der Waals surface area contributed by atoms with Crippen LogP contribution >= 0.6 is 0 Å². The molecule has 1 aromatic rings. The maximum atomic E-state index is 11.9. The predicted octanol–water partition coefficient (Wildman–Crippen LogP) is 2.55. The molecule has 18 heavy (non-hydrogen) atoms. The highest BCUT2D eigenvalue weighted by Crippen LogP contribution is 2.13. The van der Waals surface area contributed by atoms with Crippen LogP contribution < -0.4 is 4.90 Å². The first-order chi connectivity index (χ1) is 8.58. The third kappa shape index (κ3) is 4.06. The van der Waals surface area contributed by atoms with Gasteiger partial charge in [-0.15, -0.1) is 0 Å². The zero-order chi connectivity index (χ0) is 13.5. The molecule has 0 atom stereocenters. The zero-order valence-corrected chi connectivity index (χ0v) is 11.9. The Hall–Kier alpha value is -1.51. The van der Waals surface area contributed by atoms with Crippen LogP contribution in [-0.4, -0.2) is 38.0 Å². The topological polar surface area (TPSA) is 23.6 Å². The second-order valence-electron chi connectivity index (χ2n) is 4.63. The minimum atomic E-state index is 0.247. The van der Waals surface area contributed by atoms with Crippen LogP contribution in [0.1, 0.15) is 25.8 Å². The van der Waals surface area contributed by atoms with Crippen LogP contribution in [-0.2, 0) is 11.2 Å². The monoisotopic (exact) mass is 248 g/mol. The summed E-state index contributed by atoms with van der Waals surface area (Å²) >= 11 is 0. The highest BCUT2D eigenvalue weighted by atomic mass is 16.2. The average molecular weight is 248 g/mol. The zero-order valence-electron chi connectivity index (χ0n) is 11.9. The Morgan fingerprint density at radius 3 is 2.06 bits per heavy atom. The number of amides is 1. The number of anilines is 1. The molecule has 0 aliphatic rings. The van der Waals surface area contributed by atoms with E-state index in [9.17, 15) is 4.79 Å². The molecule has 0 heterocycles. The van der Waals surface area contributed by atoms with Crippen LogP contribution in [0.25, 0.3) is 0 Å². The molecule has 0 saturated carbocycles. The SMILES string of the molecule is CCN(CC)C(=O)CCc1ccc(N(C)C)cc1. The Bertz CT molecular complexity index is 367. The summed E-state index contributed by atoms with van der Waals surface area (Å²) < 4.78 is 0. The molecular formula is C15H24N2O. The quantitative estimate of drug-likeness (QED) is 0.772. The summed E-state index contributed by atoms with van der Waals surface area (Å²) in [6, 6.07) is 8.39. The molecule has 0 unspecified atom stereocenters. The van der Waals surface area contributed by atoms with Crippen molar-refractivity contribution in [3.63, 3.8) is 0 Å². The van der Waals surface area contributed by atoms with Crippen molar-refractivity contribution in [3.8, 4) is 0 Å². The van der Waals surface area contributed by atoms with Gasteiger partial charge in [-0.05, 0) is 38.0 Å². The number of carbonyl (C=O) groups excluding carboxylic acids is 1. The van der Waals surface area contributed by atoms with E-state index in [1.165, 1.54) is 11.3 Å². The standard InChI is InChI=1S/C15H24N2O/c1-5-17(6-2)15(18)12-9-13-7-10-14(11-8-13)16(3)4/h7-8,10-11H,5-6,9,12H2,1-4H3. The normalized spacial score (nSPS) is 10.2. The molecule has 100 valence electrons. The van der Waals surface area contributed by atoms with E-state index in [0.29, 0.717) is 6.42 Å². The van der Waals surface area contributed by atoms with Crippen molar-refractivity contribution >= 4 is 11.6 Å². The summed E-state index contributed by atoms with van der Waals surface area (Å²) in [5.41, 5.74) is 2.41. The molecule has 0 fully saturated rings. The average Bonchev–Trinajstić information content (AvgIpc) is 2.38. The van der Waals surface area contributed by atoms with Crippen molar-refractivity contribution in [2.75, 3.05) is 32.1 Å². The van der Waals surface area contributed by atoms with Crippen molar-refractivity contribution in [3.05, 3.63) is 29.8 Å². The van der Waals surface area contributed by atoms with E-state index in [2.05, 4.69) is 29.2 Å². The van der Waals surface area contributed by atoms with Gasteiger partial charge in [0.1, 0.15) is 0 Å². The number of benzene rings is 1. The van der Waals surface area contributed by atoms with Crippen LogP contribution in [0.4, 0.5) is 5.69 Å². The van der Waals surface area contributed by atoms with Gasteiger partial charge in [0.15, 0.2) is 0 Å². The van der Waals surface area contributed by atoms with Crippen molar-refractivity contribution in [2.24, 2.45) is 0 Å². The first-order valence-electron chi connectivity index (χ1n) is 6.62. The number of hydrogen-bond donors (Lipinski definition) is 0. The minimum Gasteiger partial charge on any atom is -0.378 e. The molecule has 0 saturated heterocycles. The molecule has 1 aromatic carbocycles. The molecule has 0 aliphatic heterocycles. The Balaban J connectivity index is 2.51. The van der Waals surface area contributed by atoms with Crippen LogP contribution in [0.2, 0.25) is 0 Å². The summed E-state index contributed by atoms with van der Waals surface area (Å²) in [4.78, 5) is 15.8. The van der Waals surface area contributed by atoms with E-state index < -0.39 is 0 Å². The number of hydrogen-bond acceptors (Lipinski definition) is 2. The van der Waals surface area contributed by atoms with Crippen molar-refractivity contribution in [2.45, 2.75) is 26.7 Å². The molecule has 0 bridgehead atoms. The highest BCUT2D eigenvalue weighted by Gasteiger charge is 2.09. The predicted molar refractivity (Wildman–Crippen MR) is 77.0 cm³/mol. The van der Waals surface area contributed by atoms with Gasteiger partial charge in [-0.25, -0.2) is 0 Å². The lowest BCUT2D eigenvalue weighted by atomic mass is 10.1. The lowest BCUT2D eigenvalue weighted by molar-refractivity contribution is -0.130. The van der Waals surface area contributed by atoms with Gasteiger partial charge in [0, 0.05) is 39.3 Å². The lowest BCUT2D eigenvalue weighted by Gasteiger charge is -2.18. The Kier molecular flexibility index (Phi) is 5.69. The summed E-state index contributed by atoms with van der Waals surface area (Å²) in [7, 11) is 4.05. The lowest BCUT2D eigenvalue weighted by Crippen LogP contribution is -2.30. The first-order valence-corrected chi connectivity index (χ1v) is 6.62. The molecule has 0 aliphatic carbocycles. The van der Waals surface area contributed by atoms with E-state index in [1.54, 1.807) is 0 Å². The van der Waals surface area contributed by atoms with Gasteiger partial charge in [-0.2, -0.15) is 0 Å². The van der Waals surface area contributed by atoms with Gasteiger partial charge in [-0.1, -0.05) is 12.1 Å².